The topological polar surface area (TPSA) is 92.0 Å². The van der Waals surface area contributed by atoms with E-state index >= 15 is 4.39 Å². The van der Waals surface area contributed by atoms with E-state index < -0.39 is 70.6 Å². The van der Waals surface area contributed by atoms with Crippen LogP contribution in [0.2, 0.25) is 0 Å². The Kier molecular flexibility index (Phi) is 11.9. The maximum atomic E-state index is 15.6. The van der Waals surface area contributed by atoms with Crippen LogP contribution in [-0.4, -0.2) is 53.3 Å². The first-order valence-electron chi connectivity index (χ1n) is 14.8. The molecular formula is C34H37F6N3O4. The number of halogens is 6. The van der Waals surface area contributed by atoms with E-state index in [0.29, 0.717) is 24.6 Å². The largest absolute Gasteiger partial charge is 0.481 e. The lowest BCUT2D eigenvalue weighted by molar-refractivity contribution is -0.140. The maximum Gasteiger partial charge on any atom is 0.419 e. The Morgan fingerprint density at radius 1 is 1.02 bits per heavy atom. The smallest absolute Gasteiger partial charge is 0.419 e. The third-order valence-corrected chi connectivity index (χ3v) is 7.59. The van der Waals surface area contributed by atoms with Crippen LogP contribution in [-0.2, 0) is 22.2 Å². The molecule has 1 amide bonds. The molecule has 0 aliphatic carbocycles. The highest BCUT2D eigenvalue weighted by atomic mass is 19.4. The van der Waals surface area contributed by atoms with Crippen molar-refractivity contribution >= 4 is 18.1 Å². The van der Waals surface area contributed by atoms with Crippen molar-refractivity contribution in [3.8, 4) is 11.1 Å². The quantitative estimate of drug-likeness (QED) is 0.164. The fourth-order valence-electron chi connectivity index (χ4n) is 5.44. The number of benzene rings is 2. The minimum Gasteiger partial charge on any atom is -0.481 e. The lowest BCUT2D eigenvalue weighted by Gasteiger charge is -2.21. The van der Waals surface area contributed by atoms with E-state index in [-0.39, 0.29) is 34.6 Å². The summed E-state index contributed by atoms with van der Waals surface area (Å²) < 4.78 is 87.5. The number of carbonyl (C=O) groups is 2. The zero-order valence-electron chi connectivity index (χ0n) is 26.9. The summed E-state index contributed by atoms with van der Waals surface area (Å²) in [5.74, 6) is -7.88. The molecule has 0 aliphatic heterocycles. The van der Waals surface area contributed by atoms with Crippen LogP contribution in [0.1, 0.15) is 66.5 Å². The van der Waals surface area contributed by atoms with Crippen LogP contribution in [0, 0.1) is 37.2 Å². The summed E-state index contributed by atoms with van der Waals surface area (Å²) in [6, 6.07) is 3.52. The Hall–Kier alpha value is -4.26. The van der Waals surface area contributed by atoms with Crippen LogP contribution in [0.5, 0.6) is 0 Å². The number of amides is 1. The molecule has 0 spiro atoms. The molecule has 1 heterocycles. The minimum absolute atomic E-state index is 0.0153. The Morgan fingerprint density at radius 2 is 1.64 bits per heavy atom. The lowest BCUT2D eigenvalue weighted by Crippen LogP contribution is -2.32. The number of pyridine rings is 1. The highest BCUT2D eigenvalue weighted by Gasteiger charge is 2.37. The van der Waals surface area contributed by atoms with Crippen LogP contribution < -0.4 is 5.56 Å². The predicted molar refractivity (Wildman–Crippen MR) is 166 cm³/mol. The first-order valence-corrected chi connectivity index (χ1v) is 14.8. The number of aliphatic imine (C=N–C) groups is 1. The molecule has 1 aromatic heterocycles. The zero-order chi connectivity index (χ0) is 35.4. The van der Waals surface area contributed by atoms with Crippen LogP contribution in [0.4, 0.5) is 26.3 Å². The molecule has 0 radical (unpaired) electrons. The number of aryl methyl sites for hydroxylation is 2. The van der Waals surface area contributed by atoms with Gasteiger partial charge in [0.15, 0.2) is 5.82 Å². The number of likely N-dealkylation sites (N-methyl/N-ethyl adjacent to an activating group) is 1. The van der Waals surface area contributed by atoms with E-state index in [1.165, 1.54) is 20.0 Å². The molecule has 254 valence electrons. The lowest BCUT2D eigenvalue weighted by atomic mass is 9.88. The second-order valence-corrected chi connectivity index (χ2v) is 12.3. The Balaban J connectivity index is 2.18. The molecule has 47 heavy (non-hydrogen) atoms. The molecule has 7 nitrogen and oxygen atoms in total. The molecule has 2 unspecified atom stereocenters. The summed E-state index contributed by atoms with van der Waals surface area (Å²) in [6.07, 6.45) is -3.69. The number of carbonyl (C=O) groups excluding carboxylic acids is 1. The normalized spacial score (nSPS) is 13.5. The number of rotatable bonds is 12. The standard InChI is InChI=1S/C34H37F6N3O4/c1-18(2)9-28(43-17-21(7-8-42(5)6)12-27(36)33(43)47)32(46)41-16-23(15-29(44)45)25-13-22(14-26(31(25)37)34(38,39)40)30-19(3)10-24(35)11-20(30)4/h10-14,16-18,23,28H,7-9,15H2,1-6H3,(H,44,45). The molecule has 3 rings (SSSR count). The molecule has 0 fully saturated rings. The van der Waals surface area contributed by atoms with E-state index in [2.05, 4.69) is 4.99 Å². The van der Waals surface area contributed by atoms with Gasteiger partial charge in [0.1, 0.15) is 17.7 Å². The number of aromatic nitrogens is 1. The number of hydrogen-bond acceptors (Lipinski definition) is 4. The summed E-state index contributed by atoms with van der Waals surface area (Å²) in [5, 5.41) is 9.61. The maximum absolute atomic E-state index is 15.6. The summed E-state index contributed by atoms with van der Waals surface area (Å²) >= 11 is 0. The second kappa shape index (κ2) is 15.1. The van der Waals surface area contributed by atoms with Crippen molar-refractivity contribution in [3.63, 3.8) is 0 Å². The van der Waals surface area contributed by atoms with Gasteiger partial charge in [0.2, 0.25) is 0 Å². The SMILES string of the molecule is Cc1cc(F)cc(C)c1-c1cc(C(C=NC(=O)C(CC(C)C)n2cc(CCN(C)C)cc(F)c2=O)CC(=O)O)c(F)c(C(F)(F)F)c1. The van der Waals surface area contributed by atoms with Crippen LogP contribution >= 0.6 is 0 Å². The van der Waals surface area contributed by atoms with Crippen molar-refractivity contribution in [3.05, 3.63) is 92.2 Å². The van der Waals surface area contributed by atoms with Gasteiger partial charge >= 0.3 is 12.1 Å². The average molecular weight is 666 g/mol. The Bertz CT molecular complexity index is 1710. The number of carboxylic acid groups (broad SMARTS) is 1. The highest BCUT2D eigenvalue weighted by Crippen LogP contribution is 2.40. The summed E-state index contributed by atoms with van der Waals surface area (Å²) in [7, 11) is 3.61. The van der Waals surface area contributed by atoms with Gasteiger partial charge in [-0.15, -0.1) is 0 Å². The number of nitrogens with zero attached hydrogens (tertiary/aromatic N) is 3. The predicted octanol–water partition coefficient (Wildman–Crippen LogP) is 7.12. The summed E-state index contributed by atoms with van der Waals surface area (Å²) in [5.41, 5.74) is -2.49. The monoisotopic (exact) mass is 665 g/mol. The number of aliphatic carboxylic acids is 1. The average Bonchev–Trinajstić information content (AvgIpc) is 2.93. The van der Waals surface area contributed by atoms with Crippen molar-refractivity contribution in [1.29, 1.82) is 0 Å². The van der Waals surface area contributed by atoms with E-state index in [1.54, 1.807) is 27.9 Å². The van der Waals surface area contributed by atoms with Gasteiger partial charge in [-0.2, -0.15) is 13.2 Å². The van der Waals surface area contributed by atoms with E-state index in [4.69, 9.17) is 0 Å². The molecule has 3 aromatic rings. The van der Waals surface area contributed by atoms with Gasteiger partial charge in [-0.1, -0.05) is 13.8 Å². The van der Waals surface area contributed by atoms with E-state index in [9.17, 15) is 41.4 Å². The molecule has 0 saturated heterocycles. The molecule has 2 atom stereocenters. The van der Waals surface area contributed by atoms with Gasteiger partial charge in [-0.25, -0.2) is 18.2 Å². The van der Waals surface area contributed by atoms with Crippen molar-refractivity contribution in [2.75, 3.05) is 20.6 Å². The fraction of sp³-hybridized carbons (Fsp3) is 0.412. The Morgan fingerprint density at radius 3 is 2.17 bits per heavy atom. The van der Waals surface area contributed by atoms with Gasteiger partial charge in [0.25, 0.3) is 11.5 Å². The van der Waals surface area contributed by atoms with E-state index in [0.717, 1.165) is 35.0 Å². The van der Waals surface area contributed by atoms with E-state index in [1.807, 2.05) is 4.90 Å². The molecule has 0 aliphatic rings. The van der Waals surface area contributed by atoms with Gasteiger partial charge in [0, 0.05) is 24.9 Å². The first kappa shape index (κ1) is 37.2. The van der Waals surface area contributed by atoms with Crippen LogP contribution in [0.15, 0.2) is 46.3 Å². The third-order valence-electron chi connectivity index (χ3n) is 7.59. The summed E-state index contributed by atoms with van der Waals surface area (Å²) in [4.78, 5) is 43.8. The molecule has 0 bridgehead atoms. The van der Waals surface area contributed by atoms with Crippen molar-refractivity contribution < 1.29 is 41.0 Å². The highest BCUT2D eigenvalue weighted by molar-refractivity contribution is 5.91. The first-order chi connectivity index (χ1) is 21.8. The minimum atomic E-state index is -5.19. The third kappa shape index (κ3) is 9.40. The van der Waals surface area contributed by atoms with Gasteiger partial charge < -0.3 is 14.6 Å². The van der Waals surface area contributed by atoms with Gasteiger partial charge in [-0.05, 0) is 110 Å². The molecule has 1 N–H and O–H groups in total. The Labute approximate surface area is 268 Å². The van der Waals surface area contributed by atoms with Crippen molar-refractivity contribution in [2.24, 2.45) is 10.9 Å². The van der Waals surface area contributed by atoms with Crippen LogP contribution in [0.3, 0.4) is 0 Å². The number of hydrogen-bond donors (Lipinski definition) is 1. The summed E-state index contributed by atoms with van der Waals surface area (Å²) in [6.45, 7) is 6.93. The van der Waals surface area contributed by atoms with Gasteiger partial charge in [0.05, 0.1) is 12.0 Å². The molecule has 2 aromatic carbocycles. The van der Waals surface area contributed by atoms with Gasteiger partial charge in [-0.3, -0.25) is 14.4 Å². The zero-order valence-corrected chi connectivity index (χ0v) is 26.9. The van der Waals surface area contributed by atoms with Crippen molar-refractivity contribution in [1.82, 2.24) is 9.47 Å². The van der Waals surface area contributed by atoms with Crippen LogP contribution in [0.25, 0.3) is 11.1 Å². The molecular weight excluding hydrogens is 628 g/mol. The van der Waals surface area contributed by atoms with Crippen molar-refractivity contribution in [2.45, 2.75) is 65.1 Å². The number of alkyl halides is 3. The molecule has 13 heteroatoms. The second-order valence-electron chi connectivity index (χ2n) is 12.3. The number of carboxylic acids is 1. The molecule has 0 saturated carbocycles. The fourth-order valence-corrected chi connectivity index (χ4v) is 5.44.